The molecule has 1 aliphatic carbocycles. The molecule has 0 fully saturated rings. The Morgan fingerprint density at radius 1 is 1.03 bits per heavy atom. The van der Waals surface area contributed by atoms with Gasteiger partial charge in [0.25, 0.3) is 0 Å². The van der Waals surface area contributed by atoms with E-state index in [1.807, 2.05) is 24.3 Å². The zero-order chi connectivity index (χ0) is 22.8. The van der Waals surface area contributed by atoms with Gasteiger partial charge in [0.1, 0.15) is 6.61 Å². The molecule has 0 radical (unpaired) electrons. The number of hydrogen-bond donors (Lipinski definition) is 0. The third-order valence-corrected chi connectivity index (χ3v) is 5.93. The lowest BCUT2D eigenvalue weighted by Gasteiger charge is -2.22. The molecule has 160 valence electrons. The first kappa shape index (κ1) is 21.2. The van der Waals surface area contributed by atoms with E-state index in [0.29, 0.717) is 16.8 Å². The zero-order valence-corrected chi connectivity index (χ0v) is 18.2. The maximum atomic E-state index is 13.0. The van der Waals surface area contributed by atoms with E-state index in [1.165, 1.54) is 12.0 Å². The zero-order valence-electron chi connectivity index (χ0n) is 18.2. The fourth-order valence-corrected chi connectivity index (χ4v) is 4.22. The summed E-state index contributed by atoms with van der Waals surface area (Å²) < 4.78 is 10.5. The number of ether oxygens (including phenoxy) is 2. The van der Waals surface area contributed by atoms with Crippen LogP contribution < -0.4 is 4.90 Å². The van der Waals surface area contributed by atoms with Crippen LogP contribution in [0.2, 0.25) is 0 Å². The Morgan fingerprint density at radius 2 is 1.62 bits per heavy atom. The number of carbonyl (C=O) groups is 2. The molecule has 32 heavy (non-hydrogen) atoms. The van der Waals surface area contributed by atoms with E-state index in [0.717, 1.165) is 22.3 Å². The number of nitrogens with zero attached hydrogens (tertiary/aromatic N) is 1. The van der Waals surface area contributed by atoms with Gasteiger partial charge < -0.3 is 9.47 Å². The summed E-state index contributed by atoms with van der Waals surface area (Å²) in [6, 6.07) is 19.5. The molecular formula is C27H23NO4. The number of methoxy groups -OCH3 is 1. The number of terminal acetylenes is 1. The Kier molecular flexibility index (Phi) is 5.70. The second kappa shape index (κ2) is 8.60. The van der Waals surface area contributed by atoms with Crippen LogP contribution in [-0.4, -0.2) is 32.8 Å². The number of rotatable bonds is 4. The predicted octanol–water partition coefficient (Wildman–Crippen LogP) is 5.15. The minimum atomic E-state index is -0.528. The highest BCUT2D eigenvalue weighted by atomic mass is 16.6. The summed E-state index contributed by atoms with van der Waals surface area (Å²) in [5, 5.41) is 0. The van der Waals surface area contributed by atoms with E-state index in [1.54, 1.807) is 26.1 Å². The lowest BCUT2D eigenvalue weighted by molar-refractivity contribution is 0.0600. The highest BCUT2D eigenvalue weighted by Crippen LogP contribution is 2.44. The van der Waals surface area contributed by atoms with Crippen LogP contribution in [-0.2, 0) is 9.47 Å². The molecule has 0 aliphatic heterocycles. The molecule has 5 heteroatoms. The van der Waals surface area contributed by atoms with Crippen LogP contribution in [0.1, 0.15) is 38.5 Å². The molecule has 1 aliphatic rings. The van der Waals surface area contributed by atoms with Crippen molar-refractivity contribution < 1.29 is 19.1 Å². The summed E-state index contributed by atoms with van der Waals surface area (Å²) in [7, 11) is 2.90. The van der Waals surface area contributed by atoms with E-state index in [9.17, 15) is 9.59 Å². The minimum absolute atomic E-state index is 0.0384. The summed E-state index contributed by atoms with van der Waals surface area (Å²) in [5.74, 6) is 2.00. The first-order chi connectivity index (χ1) is 15.5. The maximum absolute atomic E-state index is 13.0. The number of benzene rings is 3. The number of carbonyl (C=O) groups excluding carboxylic acids is 2. The third kappa shape index (κ3) is 3.61. The number of amides is 1. The van der Waals surface area contributed by atoms with E-state index < -0.39 is 12.1 Å². The minimum Gasteiger partial charge on any atom is -0.465 e. The second-order valence-corrected chi connectivity index (χ2v) is 7.67. The number of fused-ring (bicyclic) bond motifs is 3. The van der Waals surface area contributed by atoms with Crippen LogP contribution in [0.25, 0.3) is 11.1 Å². The molecule has 0 saturated carbocycles. The van der Waals surface area contributed by atoms with Gasteiger partial charge in [0.2, 0.25) is 0 Å². The molecule has 0 N–H and O–H groups in total. The summed E-state index contributed by atoms with van der Waals surface area (Å²) >= 11 is 0. The molecule has 0 unspecified atom stereocenters. The first-order valence-electron chi connectivity index (χ1n) is 10.2. The van der Waals surface area contributed by atoms with Crippen LogP contribution >= 0.6 is 0 Å². The van der Waals surface area contributed by atoms with Crippen molar-refractivity contribution in [2.24, 2.45) is 0 Å². The molecule has 0 saturated heterocycles. The summed E-state index contributed by atoms with van der Waals surface area (Å²) in [4.78, 5) is 26.4. The summed E-state index contributed by atoms with van der Waals surface area (Å²) in [6.07, 6.45) is 5.07. The molecule has 3 aromatic carbocycles. The highest BCUT2D eigenvalue weighted by Gasteiger charge is 2.29. The van der Waals surface area contributed by atoms with Crippen molar-refractivity contribution in [3.63, 3.8) is 0 Å². The van der Waals surface area contributed by atoms with E-state index >= 15 is 0 Å². The lowest BCUT2D eigenvalue weighted by atomic mass is 9.98. The van der Waals surface area contributed by atoms with Crippen LogP contribution in [0.15, 0.2) is 60.7 Å². The van der Waals surface area contributed by atoms with Gasteiger partial charge in [-0.1, -0.05) is 54.5 Å². The van der Waals surface area contributed by atoms with Crippen molar-refractivity contribution in [2.75, 3.05) is 25.7 Å². The molecule has 4 rings (SSSR count). The molecule has 3 aromatic rings. The fraction of sp³-hybridized carbons (Fsp3) is 0.185. The van der Waals surface area contributed by atoms with Gasteiger partial charge in [0, 0.05) is 18.5 Å². The van der Waals surface area contributed by atoms with Crippen LogP contribution in [0, 0.1) is 19.3 Å². The van der Waals surface area contributed by atoms with Crippen molar-refractivity contribution in [3.8, 4) is 23.5 Å². The predicted molar refractivity (Wildman–Crippen MR) is 124 cm³/mol. The number of anilines is 1. The Balaban J connectivity index is 1.58. The fourth-order valence-electron chi connectivity index (χ4n) is 4.22. The van der Waals surface area contributed by atoms with Crippen molar-refractivity contribution in [1.29, 1.82) is 0 Å². The van der Waals surface area contributed by atoms with Crippen LogP contribution in [0.4, 0.5) is 10.5 Å². The third-order valence-electron chi connectivity index (χ3n) is 5.93. The van der Waals surface area contributed by atoms with E-state index in [2.05, 4.69) is 30.2 Å². The van der Waals surface area contributed by atoms with Gasteiger partial charge in [-0.2, -0.15) is 0 Å². The van der Waals surface area contributed by atoms with Gasteiger partial charge in [-0.3, -0.25) is 4.90 Å². The van der Waals surface area contributed by atoms with Gasteiger partial charge in [-0.25, -0.2) is 9.59 Å². The average Bonchev–Trinajstić information content (AvgIpc) is 3.15. The molecule has 1 amide bonds. The van der Waals surface area contributed by atoms with Gasteiger partial charge in [-0.05, 0) is 46.9 Å². The van der Waals surface area contributed by atoms with Crippen molar-refractivity contribution in [3.05, 3.63) is 88.5 Å². The average molecular weight is 425 g/mol. The topological polar surface area (TPSA) is 55.8 Å². The normalized spacial score (nSPS) is 11.8. The molecule has 5 nitrogen and oxygen atoms in total. The Bertz CT molecular complexity index is 1210. The van der Waals surface area contributed by atoms with E-state index in [4.69, 9.17) is 15.9 Å². The van der Waals surface area contributed by atoms with E-state index in [-0.39, 0.29) is 18.1 Å². The van der Waals surface area contributed by atoms with Crippen LogP contribution in [0.5, 0.6) is 0 Å². The van der Waals surface area contributed by atoms with Crippen molar-refractivity contribution in [1.82, 2.24) is 0 Å². The smallest absolute Gasteiger partial charge is 0.414 e. The highest BCUT2D eigenvalue weighted by molar-refractivity contribution is 5.95. The van der Waals surface area contributed by atoms with Gasteiger partial charge in [-0.15, -0.1) is 6.42 Å². The largest absolute Gasteiger partial charge is 0.465 e. The second-order valence-electron chi connectivity index (χ2n) is 7.67. The molecule has 0 bridgehead atoms. The van der Waals surface area contributed by atoms with Crippen LogP contribution in [0.3, 0.4) is 0 Å². The van der Waals surface area contributed by atoms with Crippen molar-refractivity contribution in [2.45, 2.75) is 12.8 Å². The molecular weight excluding hydrogens is 402 g/mol. The Morgan fingerprint density at radius 3 is 2.19 bits per heavy atom. The first-order valence-corrected chi connectivity index (χ1v) is 10.2. The standard InChI is InChI=1S/C27H23NO4/c1-5-18-14-19(26(29)31-4)15-25(17(18)2)28(3)27(30)32-16-24-22-12-8-6-10-20(22)21-11-7-9-13-23(21)24/h1,6-15,24H,16H2,2-4H3. The summed E-state index contributed by atoms with van der Waals surface area (Å²) in [5.41, 5.74) is 6.61. The molecule has 0 aromatic heterocycles. The Labute approximate surface area is 187 Å². The quantitative estimate of drug-likeness (QED) is 0.429. The SMILES string of the molecule is C#Cc1cc(C(=O)OC)cc(N(C)C(=O)OCC2c3ccccc3-c3ccccc32)c1C. The maximum Gasteiger partial charge on any atom is 0.414 e. The monoisotopic (exact) mass is 425 g/mol. The summed E-state index contributed by atoms with van der Waals surface area (Å²) in [6.45, 7) is 2.01. The number of hydrogen-bond acceptors (Lipinski definition) is 4. The van der Waals surface area contributed by atoms with Crippen molar-refractivity contribution >= 4 is 17.7 Å². The molecule has 0 heterocycles. The van der Waals surface area contributed by atoms with Gasteiger partial charge in [0.05, 0.1) is 18.4 Å². The number of esters is 1. The molecule has 0 atom stereocenters. The molecule has 0 spiro atoms. The van der Waals surface area contributed by atoms with Gasteiger partial charge >= 0.3 is 12.1 Å². The lowest BCUT2D eigenvalue weighted by Crippen LogP contribution is -2.29. The Hall–Kier alpha value is -4.04. The van der Waals surface area contributed by atoms with Gasteiger partial charge in [0.15, 0.2) is 0 Å².